The Labute approximate surface area is 164 Å². The van der Waals surface area contributed by atoms with Crippen molar-refractivity contribution in [1.29, 1.82) is 0 Å². The zero-order chi connectivity index (χ0) is 19.6. The minimum absolute atomic E-state index is 0.0804. The van der Waals surface area contributed by atoms with Gasteiger partial charge < -0.3 is 15.0 Å². The van der Waals surface area contributed by atoms with E-state index >= 15 is 0 Å². The SMILES string of the molecule is Cc1ccccc1C(=O)N1CCC2(CCC(C(=O)Nc3cccnc3)O2)CC1. The summed E-state index contributed by atoms with van der Waals surface area (Å²) >= 11 is 0. The zero-order valence-electron chi connectivity index (χ0n) is 16.1. The molecule has 6 heteroatoms. The highest BCUT2D eigenvalue weighted by Gasteiger charge is 2.45. The largest absolute Gasteiger partial charge is 0.362 e. The van der Waals surface area contributed by atoms with Crippen molar-refractivity contribution in [1.82, 2.24) is 9.88 Å². The van der Waals surface area contributed by atoms with Crippen LogP contribution in [0.25, 0.3) is 0 Å². The maximum Gasteiger partial charge on any atom is 0.254 e. The predicted molar refractivity (Wildman–Crippen MR) is 106 cm³/mol. The third kappa shape index (κ3) is 3.78. The number of ether oxygens (including phenoxy) is 1. The molecule has 1 aromatic carbocycles. The molecule has 2 saturated heterocycles. The number of hydrogen-bond donors (Lipinski definition) is 1. The molecule has 2 amide bonds. The Kier molecular flexibility index (Phi) is 5.13. The normalized spacial score (nSPS) is 20.9. The van der Waals surface area contributed by atoms with Gasteiger partial charge in [-0.05, 0) is 56.4 Å². The molecule has 2 fully saturated rings. The number of pyridine rings is 1. The lowest BCUT2D eigenvalue weighted by Gasteiger charge is -2.39. The molecule has 2 aliphatic rings. The summed E-state index contributed by atoms with van der Waals surface area (Å²) in [7, 11) is 0. The first-order valence-corrected chi connectivity index (χ1v) is 9.80. The monoisotopic (exact) mass is 379 g/mol. The first kappa shape index (κ1) is 18.6. The van der Waals surface area contributed by atoms with E-state index in [2.05, 4.69) is 10.3 Å². The Bertz CT molecular complexity index is 860. The van der Waals surface area contributed by atoms with Gasteiger partial charge in [0.25, 0.3) is 11.8 Å². The lowest BCUT2D eigenvalue weighted by atomic mass is 9.88. The first-order valence-electron chi connectivity index (χ1n) is 9.80. The number of likely N-dealkylation sites (tertiary alicyclic amines) is 1. The Hall–Kier alpha value is -2.73. The summed E-state index contributed by atoms with van der Waals surface area (Å²) in [5.74, 6) is -0.0416. The zero-order valence-corrected chi connectivity index (χ0v) is 16.1. The van der Waals surface area contributed by atoms with Crippen LogP contribution in [0.2, 0.25) is 0 Å². The number of amides is 2. The number of benzene rings is 1. The Morgan fingerprint density at radius 1 is 1.14 bits per heavy atom. The third-order valence-corrected chi connectivity index (χ3v) is 5.81. The highest BCUT2D eigenvalue weighted by molar-refractivity contribution is 5.96. The number of nitrogens with zero attached hydrogens (tertiary/aromatic N) is 2. The first-order chi connectivity index (χ1) is 13.6. The molecular weight excluding hydrogens is 354 g/mol. The van der Waals surface area contributed by atoms with Gasteiger partial charge in [0.2, 0.25) is 0 Å². The predicted octanol–water partition coefficient (Wildman–Crippen LogP) is 3.18. The van der Waals surface area contributed by atoms with Gasteiger partial charge in [-0.3, -0.25) is 14.6 Å². The average Bonchev–Trinajstić information content (AvgIpc) is 3.13. The molecule has 1 N–H and O–H groups in total. The number of piperidine rings is 1. The minimum Gasteiger partial charge on any atom is -0.362 e. The van der Waals surface area contributed by atoms with Gasteiger partial charge in [-0.25, -0.2) is 0 Å². The quantitative estimate of drug-likeness (QED) is 0.889. The Balaban J connectivity index is 1.34. The number of carbonyl (C=O) groups is 2. The van der Waals surface area contributed by atoms with E-state index in [1.807, 2.05) is 42.2 Å². The maximum atomic E-state index is 12.8. The fourth-order valence-corrected chi connectivity index (χ4v) is 4.13. The number of hydrogen-bond acceptors (Lipinski definition) is 4. The standard InChI is InChI=1S/C22H25N3O3/c1-16-5-2-3-7-18(16)21(27)25-13-10-22(11-14-25)9-8-19(28-22)20(26)24-17-6-4-12-23-15-17/h2-7,12,15,19H,8-11,13-14H2,1H3,(H,24,26). The Morgan fingerprint density at radius 2 is 1.93 bits per heavy atom. The van der Waals surface area contributed by atoms with Gasteiger partial charge in [-0.15, -0.1) is 0 Å². The molecule has 2 aliphatic heterocycles. The topological polar surface area (TPSA) is 71.5 Å². The summed E-state index contributed by atoms with van der Waals surface area (Å²) in [6.07, 6.45) is 5.94. The van der Waals surface area contributed by atoms with Gasteiger partial charge in [0.15, 0.2) is 0 Å². The number of anilines is 1. The second kappa shape index (κ2) is 7.72. The number of rotatable bonds is 3. The van der Waals surface area contributed by atoms with Crippen LogP contribution in [0, 0.1) is 6.92 Å². The van der Waals surface area contributed by atoms with Crippen LogP contribution < -0.4 is 5.32 Å². The van der Waals surface area contributed by atoms with Crippen LogP contribution in [0.4, 0.5) is 5.69 Å². The molecule has 0 saturated carbocycles. The summed E-state index contributed by atoms with van der Waals surface area (Å²) in [4.78, 5) is 31.2. The summed E-state index contributed by atoms with van der Waals surface area (Å²) in [5, 5.41) is 2.87. The number of carbonyl (C=O) groups excluding carboxylic acids is 2. The highest BCUT2D eigenvalue weighted by Crippen LogP contribution is 2.39. The number of aryl methyl sites for hydroxylation is 1. The molecule has 1 unspecified atom stereocenters. The summed E-state index contributed by atoms with van der Waals surface area (Å²) in [6.45, 7) is 3.28. The van der Waals surface area contributed by atoms with Gasteiger partial charge >= 0.3 is 0 Å². The molecule has 0 aliphatic carbocycles. The molecule has 1 atom stereocenters. The van der Waals surface area contributed by atoms with Gasteiger partial charge in [-0.2, -0.15) is 0 Å². The van der Waals surface area contributed by atoms with E-state index in [1.54, 1.807) is 18.5 Å². The fourth-order valence-electron chi connectivity index (χ4n) is 4.13. The van der Waals surface area contributed by atoms with E-state index in [-0.39, 0.29) is 17.4 Å². The number of aromatic nitrogens is 1. The van der Waals surface area contributed by atoms with E-state index in [9.17, 15) is 9.59 Å². The van der Waals surface area contributed by atoms with E-state index in [1.165, 1.54) is 0 Å². The molecule has 2 aromatic rings. The van der Waals surface area contributed by atoms with Crippen molar-refractivity contribution in [2.45, 2.75) is 44.3 Å². The molecule has 3 heterocycles. The summed E-state index contributed by atoms with van der Waals surface area (Å²) in [5.41, 5.74) is 2.15. The summed E-state index contributed by atoms with van der Waals surface area (Å²) < 4.78 is 6.21. The highest BCUT2D eigenvalue weighted by atomic mass is 16.5. The van der Waals surface area contributed by atoms with Crippen LogP contribution in [-0.4, -0.2) is 46.5 Å². The number of nitrogens with one attached hydrogen (secondary N) is 1. The van der Waals surface area contributed by atoms with E-state index in [0.717, 1.165) is 30.4 Å². The Morgan fingerprint density at radius 3 is 2.64 bits per heavy atom. The second-order valence-electron chi connectivity index (χ2n) is 7.67. The van der Waals surface area contributed by atoms with Crippen LogP contribution >= 0.6 is 0 Å². The third-order valence-electron chi connectivity index (χ3n) is 5.81. The molecule has 28 heavy (non-hydrogen) atoms. The van der Waals surface area contributed by atoms with E-state index in [4.69, 9.17) is 4.74 Å². The van der Waals surface area contributed by atoms with Gasteiger partial charge in [-0.1, -0.05) is 18.2 Å². The smallest absolute Gasteiger partial charge is 0.254 e. The van der Waals surface area contributed by atoms with Crippen molar-refractivity contribution in [3.63, 3.8) is 0 Å². The van der Waals surface area contributed by atoms with Crippen LogP contribution in [-0.2, 0) is 9.53 Å². The van der Waals surface area contributed by atoms with Gasteiger partial charge in [0, 0.05) is 24.8 Å². The molecule has 0 bridgehead atoms. The van der Waals surface area contributed by atoms with E-state index in [0.29, 0.717) is 25.2 Å². The van der Waals surface area contributed by atoms with Gasteiger partial charge in [0.1, 0.15) is 6.10 Å². The molecule has 0 radical (unpaired) electrons. The van der Waals surface area contributed by atoms with Gasteiger partial charge in [0.05, 0.1) is 17.5 Å². The average molecular weight is 379 g/mol. The summed E-state index contributed by atoms with van der Waals surface area (Å²) in [6, 6.07) is 11.3. The van der Waals surface area contributed by atoms with Crippen LogP contribution in [0.1, 0.15) is 41.6 Å². The molecule has 1 aromatic heterocycles. The lowest BCUT2D eigenvalue weighted by molar-refractivity contribution is -0.135. The van der Waals surface area contributed by atoms with Crippen molar-refractivity contribution in [2.24, 2.45) is 0 Å². The molecule has 4 rings (SSSR count). The molecule has 6 nitrogen and oxygen atoms in total. The molecule has 146 valence electrons. The van der Waals surface area contributed by atoms with Crippen molar-refractivity contribution in [2.75, 3.05) is 18.4 Å². The van der Waals surface area contributed by atoms with Crippen molar-refractivity contribution in [3.8, 4) is 0 Å². The van der Waals surface area contributed by atoms with Crippen molar-refractivity contribution >= 4 is 17.5 Å². The van der Waals surface area contributed by atoms with E-state index < -0.39 is 6.10 Å². The maximum absolute atomic E-state index is 12.8. The molecule has 1 spiro atoms. The fraction of sp³-hybridized carbons (Fsp3) is 0.409. The van der Waals surface area contributed by atoms with Crippen LogP contribution in [0.15, 0.2) is 48.8 Å². The van der Waals surface area contributed by atoms with Crippen molar-refractivity contribution < 1.29 is 14.3 Å². The minimum atomic E-state index is -0.446. The second-order valence-corrected chi connectivity index (χ2v) is 7.67. The lowest BCUT2D eigenvalue weighted by Crippen LogP contribution is -2.47. The van der Waals surface area contributed by atoms with Crippen LogP contribution in [0.5, 0.6) is 0 Å². The molecular formula is C22H25N3O3. The van der Waals surface area contributed by atoms with Crippen molar-refractivity contribution in [3.05, 3.63) is 59.9 Å². The van der Waals surface area contributed by atoms with Crippen LogP contribution in [0.3, 0.4) is 0 Å².